The summed E-state index contributed by atoms with van der Waals surface area (Å²) >= 11 is 0. The maximum absolute atomic E-state index is 3.47. The first-order chi connectivity index (χ1) is 6.41. The van der Waals surface area contributed by atoms with E-state index in [1.165, 1.54) is 6.54 Å². The van der Waals surface area contributed by atoms with Gasteiger partial charge in [0.25, 0.3) is 0 Å². The molecule has 0 amide bonds. The highest BCUT2D eigenvalue weighted by Gasteiger charge is 2.30. The maximum Gasteiger partial charge on any atom is 0.0353 e. The van der Waals surface area contributed by atoms with Crippen LogP contribution in [-0.4, -0.2) is 61.7 Å². The molecule has 1 aliphatic heterocycles. The summed E-state index contributed by atoms with van der Waals surface area (Å²) in [5.74, 6) is 0. The van der Waals surface area contributed by atoms with Crippen molar-refractivity contribution < 1.29 is 0 Å². The average molecular weight is 199 g/mol. The lowest BCUT2D eigenvalue weighted by molar-refractivity contribution is 0.0477. The van der Waals surface area contributed by atoms with Crippen molar-refractivity contribution in [1.82, 2.24) is 15.1 Å². The Morgan fingerprint density at radius 2 is 2.00 bits per heavy atom. The highest BCUT2D eigenvalue weighted by atomic mass is 15.3. The van der Waals surface area contributed by atoms with Crippen LogP contribution in [-0.2, 0) is 0 Å². The minimum atomic E-state index is 0.294. The van der Waals surface area contributed by atoms with Gasteiger partial charge in [-0.25, -0.2) is 0 Å². The van der Waals surface area contributed by atoms with Crippen molar-refractivity contribution in [2.45, 2.75) is 32.4 Å². The van der Waals surface area contributed by atoms with E-state index in [-0.39, 0.29) is 0 Å². The van der Waals surface area contributed by atoms with Crippen molar-refractivity contribution in [3.05, 3.63) is 0 Å². The van der Waals surface area contributed by atoms with Gasteiger partial charge < -0.3 is 10.2 Å². The van der Waals surface area contributed by atoms with Crippen LogP contribution in [0.3, 0.4) is 0 Å². The Morgan fingerprint density at radius 3 is 2.50 bits per heavy atom. The fourth-order valence-electron chi connectivity index (χ4n) is 2.23. The summed E-state index contributed by atoms with van der Waals surface area (Å²) in [5, 5.41) is 3.47. The van der Waals surface area contributed by atoms with Crippen LogP contribution in [0.2, 0.25) is 0 Å². The lowest BCUT2D eigenvalue weighted by atomic mass is 10.0. The van der Waals surface area contributed by atoms with E-state index in [4.69, 9.17) is 0 Å². The largest absolute Gasteiger partial charge is 0.314 e. The standard InChI is InChI=1S/C11H25N3/c1-11(2,3)14-7-6-12-8-10(14)9-13(4)5/h10,12H,6-9H2,1-5H3. The fraction of sp³-hybridized carbons (Fsp3) is 1.00. The molecule has 1 atom stereocenters. The van der Waals surface area contributed by atoms with Gasteiger partial charge >= 0.3 is 0 Å². The van der Waals surface area contributed by atoms with Crippen molar-refractivity contribution in [3.63, 3.8) is 0 Å². The van der Waals surface area contributed by atoms with Gasteiger partial charge in [0.2, 0.25) is 0 Å². The Kier molecular flexibility index (Phi) is 3.93. The molecule has 0 aromatic carbocycles. The van der Waals surface area contributed by atoms with Crippen molar-refractivity contribution in [3.8, 4) is 0 Å². The van der Waals surface area contributed by atoms with E-state index in [0.29, 0.717) is 11.6 Å². The molecule has 0 saturated carbocycles. The second-order valence-corrected chi connectivity index (χ2v) is 5.48. The molecule has 1 rings (SSSR count). The lowest BCUT2D eigenvalue weighted by Crippen LogP contribution is -2.60. The summed E-state index contributed by atoms with van der Waals surface area (Å²) in [5.41, 5.74) is 0.294. The first kappa shape index (κ1) is 12.0. The molecule has 1 heterocycles. The van der Waals surface area contributed by atoms with Gasteiger partial charge in [0.1, 0.15) is 0 Å². The van der Waals surface area contributed by atoms with Crippen LogP contribution in [0.15, 0.2) is 0 Å². The van der Waals surface area contributed by atoms with Crippen LogP contribution < -0.4 is 5.32 Å². The molecule has 84 valence electrons. The normalized spacial score (nSPS) is 25.7. The molecular weight excluding hydrogens is 174 g/mol. The molecule has 3 heteroatoms. The molecule has 0 aliphatic carbocycles. The molecular formula is C11H25N3. The average Bonchev–Trinajstić information content (AvgIpc) is 2.01. The minimum absolute atomic E-state index is 0.294. The van der Waals surface area contributed by atoms with Crippen LogP contribution in [0.25, 0.3) is 0 Å². The zero-order chi connectivity index (χ0) is 10.8. The van der Waals surface area contributed by atoms with Gasteiger partial charge in [-0.1, -0.05) is 0 Å². The van der Waals surface area contributed by atoms with Crippen LogP contribution >= 0.6 is 0 Å². The molecule has 1 N–H and O–H groups in total. The van der Waals surface area contributed by atoms with Gasteiger partial charge in [-0.3, -0.25) is 4.90 Å². The molecule has 14 heavy (non-hydrogen) atoms. The van der Waals surface area contributed by atoms with Gasteiger partial charge in [-0.15, -0.1) is 0 Å². The van der Waals surface area contributed by atoms with E-state index in [1.807, 2.05) is 0 Å². The van der Waals surface area contributed by atoms with E-state index in [1.54, 1.807) is 0 Å². The molecule has 3 nitrogen and oxygen atoms in total. The first-order valence-corrected chi connectivity index (χ1v) is 5.53. The van der Waals surface area contributed by atoms with Gasteiger partial charge in [0.15, 0.2) is 0 Å². The molecule has 0 aromatic rings. The third kappa shape index (κ3) is 3.23. The van der Waals surface area contributed by atoms with Crippen molar-refractivity contribution >= 4 is 0 Å². The summed E-state index contributed by atoms with van der Waals surface area (Å²) < 4.78 is 0. The quantitative estimate of drug-likeness (QED) is 0.703. The van der Waals surface area contributed by atoms with Gasteiger partial charge in [-0.05, 0) is 34.9 Å². The molecule has 0 radical (unpaired) electrons. The van der Waals surface area contributed by atoms with E-state index in [0.717, 1.165) is 19.6 Å². The second-order valence-electron chi connectivity index (χ2n) is 5.48. The summed E-state index contributed by atoms with van der Waals surface area (Å²) in [6, 6.07) is 0.652. The number of piperazine rings is 1. The van der Waals surface area contributed by atoms with Crippen LogP contribution in [0.1, 0.15) is 20.8 Å². The fourth-order valence-corrected chi connectivity index (χ4v) is 2.23. The van der Waals surface area contributed by atoms with Crippen LogP contribution in [0.4, 0.5) is 0 Å². The number of nitrogens with one attached hydrogen (secondary N) is 1. The summed E-state index contributed by atoms with van der Waals surface area (Å²) in [7, 11) is 4.30. The molecule has 0 aromatic heterocycles. The molecule has 0 bridgehead atoms. The molecule has 1 aliphatic rings. The molecule has 1 fully saturated rings. The Bertz CT molecular complexity index is 172. The summed E-state index contributed by atoms with van der Waals surface area (Å²) in [4.78, 5) is 4.89. The topological polar surface area (TPSA) is 18.5 Å². The predicted octanol–water partition coefficient (Wildman–Crippen LogP) is 0.620. The first-order valence-electron chi connectivity index (χ1n) is 5.53. The maximum atomic E-state index is 3.47. The zero-order valence-electron chi connectivity index (χ0n) is 10.3. The van der Waals surface area contributed by atoms with Crippen LogP contribution in [0.5, 0.6) is 0 Å². The third-order valence-electron chi connectivity index (χ3n) is 2.79. The van der Waals surface area contributed by atoms with Gasteiger partial charge in [0.05, 0.1) is 0 Å². The second kappa shape index (κ2) is 4.60. The molecule has 0 spiro atoms. The van der Waals surface area contributed by atoms with Crippen molar-refractivity contribution in [2.24, 2.45) is 0 Å². The van der Waals surface area contributed by atoms with E-state index < -0.39 is 0 Å². The third-order valence-corrected chi connectivity index (χ3v) is 2.79. The van der Waals surface area contributed by atoms with Crippen LogP contribution in [0, 0.1) is 0 Å². The van der Waals surface area contributed by atoms with Gasteiger partial charge in [0, 0.05) is 37.8 Å². The van der Waals surface area contributed by atoms with E-state index in [2.05, 4.69) is 50.0 Å². The Hall–Kier alpha value is -0.120. The van der Waals surface area contributed by atoms with E-state index in [9.17, 15) is 0 Å². The number of nitrogens with zero attached hydrogens (tertiary/aromatic N) is 2. The Morgan fingerprint density at radius 1 is 1.36 bits per heavy atom. The number of hydrogen-bond acceptors (Lipinski definition) is 3. The summed E-state index contributed by atoms with van der Waals surface area (Å²) in [6.45, 7) is 11.5. The highest BCUT2D eigenvalue weighted by Crippen LogP contribution is 2.18. The zero-order valence-corrected chi connectivity index (χ0v) is 10.3. The Labute approximate surface area is 88.5 Å². The van der Waals surface area contributed by atoms with Gasteiger partial charge in [-0.2, -0.15) is 0 Å². The lowest BCUT2D eigenvalue weighted by Gasteiger charge is -2.45. The number of likely N-dealkylation sites (N-methyl/N-ethyl adjacent to an activating group) is 1. The number of hydrogen-bond donors (Lipinski definition) is 1. The summed E-state index contributed by atoms with van der Waals surface area (Å²) in [6.07, 6.45) is 0. The predicted molar refractivity (Wildman–Crippen MR) is 61.7 cm³/mol. The smallest absolute Gasteiger partial charge is 0.0353 e. The van der Waals surface area contributed by atoms with E-state index >= 15 is 0 Å². The van der Waals surface area contributed by atoms with Crippen molar-refractivity contribution in [2.75, 3.05) is 40.3 Å². The highest BCUT2D eigenvalue weighted by molar-refractivity contribution is 4.89. The SMILES string of the molecule is CN(C)CC1CNCCN1C(C)(C)C. The van der Waals surface area contributed by atoms with Crippen molar-refractivity contribution in [1.29, 1.82) is 0 Å². The monoisotopic (exact) mass is 199 g/mol. The molecule has 1 saturated heterocycles. The molecule has 1 unspecified atom stereocenters. The minimum Gasteiger partial charge on any atom is -0.314 e. The Balaban J connectivity index is 2.59. The number of rotatable bonds is 2.